The van der Waals surface area contributed by atoms with Crippen LogP contribution in [0.15, 0.2) is 40.9 Å². The Morgan fingerprint density at radius 3 is 2.24 bits per heavy atom. The molecule has 138 valence electrons. The molecule has 0 amide bonds. The zero-order valence-corrected chi connectivity index (χ0v) is 17.3. The van der Waals surface area contributed by atoms with Crippen molar-refractivity contribution in [2.24, 2.45) is 0 Å². The fourth-order valence-electron chi connectivity index (χ4n) is 3.11. The van der Waals surface area contributed by atoms with Crippen LogP contribution in [-0.2, 0) is 10.8 Å². The van der Waals surface area contributed by atoms with Gasteiger partial charge in [-0.2, -0.15) is 0 Å². The number of hydrogen-bond donors (Lipinski definition) is 0. The summed E-state index contributed by atoms with van der Waals surface area (Å²) in [6.07, 6.45) is 3.58. The minimum Gasteiger partial charge on any atom is -0.422 e. The van der Waals surface area contributed by atoms with Gasteiger partial charge < -0.3 is 13.7 Å². The van der Waals surface area contributed by atoms with Gasteiger partial charge in [-0.05, 0) is 36.5 Å². The maximum Gasteiger partial charge on any atom is 0.224 e. The molecular weight excluding hydrogens is 328 g/mol. The molecule has 0 spiro atoms. The van der Waals surface area contributed by atoms with Gasteiger partial charge in [-0.3, -0.25) is 0 Å². The molecule has 0 aliphatic heterocycles. The third kappa shape index (κ3) is 5.19. The molecule has 0 bridgehead atoms. The highest BCUT2D eigenvalue weighted by molar-refractivity contribution is 6.73. The third-order valence-electron chi connectivity index (χ3n) is 5.09. The van der Waals surface area contributed by atoms with E-state index in [1.165, 1.54) is 5.56 Å². The molecule has 25 heavy (non-hydrogen) atoms. The molecule has 1 aromatic heterocycles. The Bertz CT molecular complexity index is 615. The van der Waals surface area contributed by atoms with Crippen molar-refractivity contribution < 1.29 is 8.84 Å². The lowest BCUT2D eigenvalue weighted by Gasteiger charge is -2.32. The fraction of sp³-hybridized carbons (Fsp3) is 0.550. The van der Waals surface area contributed by atoms with E-state index in [0.29, 0.717) is 5.89 Å². The summed E-state index contributed by atoms with van der Waals surface area (Å²) in [6.45, 7) is 6.77. The second kappa shape index (κ2) is 9.20. The number of aromatic nitrogens is 1. The van der Waals surface area contributed by atoms with E-state index in [1.54, 1.807) is 6.20 Å². The molecule has 0 aliphatic rings. The fourth-order valence-corrected chi connectivity index (χ4v) is 5.93. The zero-order valence-electron chi connectivity index (χ0n) is 16.3. The predicted octanol–water partition coefficient (Wildman–Crippen LogP) is 5.44. The lowest BCUT2D eigenvalue weighted by Crippen LogP contribution is -2.37. The lowest BCUT2D eigenvalue weighted by molar-refractivity contribution is 0.147. The van der Waals surface area contributed by atoms with Crippen LogP contribution in [0.3, 0.4) is 0 Å². The molecule has 4 nitrogen and oxygen atoms in total. The van der Waals surface area contributed by atoms with Crippen LogP contribution in [0.1, 0.15) is 44.8 Å². The van der Waals surface area contributed by atoms with Gasteiger partial charge in [0.1, 0.15) is 6.10 Å². The molecule has 0 fully saturated rings. The normalized spacial score (nSPS) is 13.0. The molecular formula is C20H32N2O2Si. The van der Waals surface area contributed by atoms with Gasteiger partial charge in [0, 0.05) is 14.1 Å². The first-order valence-corrected chi connectivity index (χ1v) is 11.9. The van der Waals surface area contributed by atoms with E-state index < -0.39 is 8.32 Å². The van der Waals surface area contributed by atoms with E-state index in [-0.39, 0.29) is 6.10 Å². The molecule has 1 aromatic carbocycles. The number of hydrogen-bond acceptors (Lipinski definition) is 4. The number of rotatable bonds is 10. The maximum absolute atomic E-state index is 6.75. The standard InChI is InChI=1S/C20H32N2O2Si/c1-6-25(7-2,8-3)24-18(15-14-17-12-10-9-11-13-17)20-21-16-19(23-20)22(4)5/h9-13,16,18H,6-8,14-15H2,1-5H3. The monoisotopic (exact) mass is 360 g/mol. The summed E-state index contributed by atoms with van der Waals surface area (Å²) in [7, 11) is 2.20. The number of oxazole rings is 1. The van der Waals surface area contributed by atoms with Gasteiger partial charge >= 0.3 is 0 Å². The highest BCUT2D eigenvalue weighted by Gasteiger charge is 2.34. The summed E-state index contributed by atoms with van der Waals surface area (Å²) in [6, 6.07) is 13.9. The summed E-state index contributed by atoms with van der Waals surface area (Å²) >= 11 is 0. The minimum absolute atomic E-state index is 0.0691. The quantitative estimate of drug-likeness (QED) is 0.529. The number of benzene rings is 1. The van der Waals surface area contributed by atoms with Crippen LogP contribution in [0.2, 0.25) is 18.1 Å². The van der Waals surface area contributed by atoms with Crippen molar-refractivity contribution in [1.29, 1.82) is 0 Å². The second-order valence-corrected chi connectivity index (χ2v) is 11.5. The van der Waals surface area contributed by atoms with E-state index >= 15 is 0 Å². The van der Waals surface area contributed by atoms with Crippen molar-refractivity contribution in [2.75, 3.05) is 19.0 Å². The molecule has 5 heteroatoms. The number of nitrogens with zero attached hydrogens (tertiary/aromatic N) is 2. The highest BCUT2D eigenvalue weighted by atomic mass is 28.4. The van der Waals surface area contributed by atoms with Crippen LogP contribution < -0.4 is 4.90 Å². The predicted molar refractivity (Wildman–Crippen MR) is 107 cm³/mol. The second-order valence-electron chi connectivity index (χ2n) is 6.81. The van der Waals surface area contributed by atoms with Gasteiger partial charge in [-0.25, -0.2) is 4.98 Å². The van der Waals surface area contributed by atoms with E-state index in [9.17, 15) is 0 Å². The Morgan fingerprint density at radius 2 is 1.72 bits per heavy atom. The van der Waals surface area contributed by atoms with E-state index in [1.807, 2.05) is 19.0 Å². The van der Waals surface area contributed by atoms with Gasteiger partial charge in [0.2, 0.25) is 11.8 Å². The Hall–Kier alpha value is -1.59. The molecule has 1 atom stereocenters. The third-order valence-corrected chi connectivity index (χ3v) is 9.74. The smallest absolute Gasteiger partial charge is 0.224 e. The Labute approximate surface area is 153 Å². The van der Waals surface area contributed by atoms with Crippen molar-refractivity contribution >= 4 is 14.2 Å². The van der Waals surface area contributed by atoms with Gasteiger partial charge in [0.05, 0.1) is 6.20 Å². The van der Waals surface area contributed by atoms with Crippen LogP contribution in [0.25, 0.3) is 0 Å². The Kier molecular flexibility index (Phi) is 7.26. The van der Waals surface area contributed by atoms with Crippen molar-refractivity contribution in [2.45, 2.75) is 57.8 Å². The molecule has 0 N–H and O–H groups in total. The van der Waals surface area contributed by atoms with Crippen LogP contribution in [0.4, 0.5) is 5.88 Å². The molecule has 0 saturated carbocycles. The Morgan fingerprint density at radius 1 is 1.08 bits per heavy atom. The Balaban J connectivity index is 2.20. The summed E-state index contributed by atoms with van der Waals surface area (Å²) in [5, 5.41) is 0. The summed E-state index contributed by atoms with van der Waals surface area (Å²) in [4.78, 5) is 6.47. The molecule has 0 aliphatic carbocycles. The molecule has 0 saturated heterocycles. The topological polar surface area (TPSA) is 38.5 Å². The average Bonchev–Trinajstić information content (AvgIpc) is 3.14. The van der Waals surface area contributed by atoms with Crippen LogP contribution in [0, 0.1) is 0 Å². The van der Waals surface area contributed by atoms with E-state index in [2.05, 4.69) is 56.1 Å². The largest absolute Gasteiger partial charge is 0.422 e. The van der Waals surface area contributed by atoms with Crippen LogP contribution in [-0.4, -0.2) is 27.4 Å². The van der Waals surface area contributed by atoms with Crippen molar-refractivity contribution in [3.05, 3.63) is 48.0 Å². The van der Waals surface area contributed by atoms with Crippen LogP contribution >= 0.6 is 0 Å². The van der Waals surface area contributed by atoms with E-state index in [4.69, 9.17) is 8.84 Å². The van der Waals surface area contributed by atoms with Gasteiger partial charge in [-0.15, -0.1) is 0 Å². The summed E-state index contributed by atoms with van der Waals surface area (Å²) < 4.78 is 12.7. The van der Waals surface area contributed by atoms with Crippen LogP contribution in [0.5, 0.6) is 0 Å². The average molecular weight is 361 g/mol. The van der Waals surface area contributed by atoms with Gasteiger partial charge in [0.15, 0.2) is 8.32 Å². The first-order valence-electron chi connectivity index (χ1n) is 9.38. The first kappa shape index (κ1) is 19.7. The maximum atomic E-state index is 6.75. The molecule has 2 rings (SSSR count). The minimum atomic E-state index is -1.73. The highest BCUT2D eigenvalue weighted by Crippen LogP contribution is 2.33. The van der Waals surface area contributed by atoms with E-state index in [0.717, 1.165) is 36.9 Å². The first-order chi connectivity index (χ1) is 12.0. The van der Waals surface area contributed by atoms with Crippen molar-refractivity contribution in [3.8, 4) is 0 Å². The lowest BCUT2D eigenvalue weighted by atomic mass is 10.1. The molecule has 1 unspecified atom stereocenters. The number of anilines is 1. The zero-order chi connectivity index (χ0) is 18.3. The van der Waals surface area contributed by atoms with Crippen molar-refractivity contribution in [3.63, 3.8) is 0 Å². The summed E-state index contributed by atoms with van der Waals surface area (Å²) in [5.41, 5.74) is 1.33. The molecule has 2 aromatic rings. The molecule has 0 radical (unpaired) electrons. The molecule has 1 heterocycles. The summed E-state index contributed by atoms with van der Waals surface area (Å²) in [5.74, 6) is 1.49. The van der Waals surface area contributed by atoms with Gasteiger partial charge in [0.25, 0.3) is 0 Å². The van der Waals surface area contributed by atoms with Gasteiger partial charge in [-0.1, -0.05) is 51.1 Å². The van der Waals surface area contributed by atoms with Crippen molar-refractivity contribution in [1.82, 2.24) is 4.98 Å². The number of aryl methyl sites for hydroxylation is 1. The SMILES string of the molecule is CC[Si](CC)(CC)OC(CCc1ccccc1)c1ncc(N(C)C)o1.